The van der Waals surface area contributed by atoms with Crippen LogP contribution in [0.1, 0.15) is 21.2 Å². The van der Waals surface area contributed by atoms with Crippen molar-refractivity contribution in [3.05, 3.63) is 44.2 Å². The van der Waals surface area contributed by atoms with Gasteiger partial charge in [-0.15, -0.1) is 11.3 Å². The number of hydrogen-bond donors (Lipinski definition) is 1. The molecule has 18 heavy (non-hydrogen) atoms. The Morgan fingerprint density at radius 2 is 2.39 bits per heavy atom. The summed E-state index contributed by atoms with van der Waals surface area (Å²) < 4.78 is 1.32. The van der Waals surface area contributed by atoms with Crippen molar-refractivity contribution in [2.45, 2.75) is 13.5 Å². The van der Waals surface area contributed by atoms with Gasteiger partial charge in [0.15, 0.2) is 0 Å². The third kappa shape index (κ3) is 2.38. The van der Waals surface area contributed by atoms with Crippen LogP contribution >= 0.6 is 11.3 Å². The second-order valence-corrected chi connectivity index (χ2v) is 4.60. The Morgan fingerprint density at radius 3 is 2.89 bits per heavy atom. The summed E-state index contributed by atoms with van der Waals surface area (Å²) >= 11 is 1.39. The SMILES string of the molecule is Cc1csc(Cn2cc([N+](=O)[O-])cc2C(=O)O)n1. The Bertz CT molecular complexity index is 616. The third-order valence-corrected chi connectivity index (χ3v) is 3.24. The van der Waals surface area contributed by atoms with Gasteiger partial charge in [0.2, 0.25) is 0 Å². The first-order valence-electron chi connectivity index (χ1n) is 4.96. The lowest BCUT2D eigenvalue weighted by atomic mass is 10.4. The first kappa shape index (κ1) is 12.2. The van der Waals surface area contributed by atoms with E-state index in [0.29, 0.717) is 5.01 Å². The summed E-state index contributed by atoms with van der Waals surface area (Å²) in [7, 11) is 0. The Labute approximate surface area is 105 Å². The summed E-state index contributed by atoms with van der Waals surface area (Å²) in [4.78, 5) is 25.2. The fourth-order valence-corrected chi connectivity index (χ4v) is 2.30. The van der Waals surface area contributed by atoms with E-state index >= 15 is 0 Å². The van der Waals surface area contributed by atoms with E-state index in [4.69, 9.17) is 5.11 Å². The van der Waals surface area contributed by atoms with E-state index in [1.54, 1.807) is 0 Å². The van der Waals surface area contributed by atoms with E-state index in [1.807, 2.05) is 12.3 Å². The zero-order chi connectivity index (χ0) is 13.3. The van der Waals surface area contributed by atoms with Crippen LogP contribution in [0.3, 0.4) is 0 Å². The molecule has 2 rings (SSSR count). The maximum Gasteiger partial charge on any atom is 0.352 e. The van der Waals surface area contributed by atoms with E-state index in [0.717, 1.165) is 11.8 Å². The molecule has 0 spiro atoms. The van der Waals surface area contributed by atoms with Gasteiger partial charge in [0, 0.05) is 17.1 Å². The molecule has 2 aromatic heterocycles. The zero-order valence-electron chi connectivity index (χ0n) is 9.36. The van der Waals surface area contributed by atoms with Gasteiger partial charge in [-0.3, -0.25) is 10.1 Å². The minimum atomic E-state index is -1.20. The second kappa shape index (κ2) is 4.57. The van der Waals surface area contributed by atoms with Crippen molar-refractivity contribution in [1.29, 1.82) is 0 Å². The van der Waals surface area contributed by atoms with Crippen molar-refractivity contribution in [2.75, 3.05) is 0 Å². The molecule has 94 valence electrons. The van der Waals surface area contributed by atoms with Crippen LogP contribution in [0.25, 0.3) is 0 Å². The summed E-state index contributed by atoms with van der Waals surface area (Å²) in [5.41, 5.74) is 0.490. The molecule has 0 atom stereocenters. The molecular formula is C10H9N3O4S. The third-order valence-electron chi connectivity index (χ3n) is 2.28. The van der Waals surface area contributed by atoms with Gasteiger partial charge < -0.3 is 9.67 Å². The Hall–Kier alpha value is -2.22. The van der Waals surface area contributed by atoms with E-state index in [9.17, 15) is 14.9 Å². The van der Waals surface area contributed by atoms with Crippen LogP contribution in [-0.2, 0) is 6.54 Å². The summed E-state index contributed by atoms with van der Waals surface area (Å²) in [5, 5.41) is 22.2. The number of thiazole rings is 1. The molecule has 0 saturated heterocycles. The predicted molar refractivity (Wildman–Crippen MR) is 64.0 cm³/mol. The molecule has 8 heteroatoms. The number of nitrogens with zero attached hydrogens (tertiary/aromatic N) is 3. The number of carboxylic acid groups (broad SMARTS) is 1. The highest BCUT2D eigenvalue weighted by molar-refractivity contribution is 7.09. The van der Waals surface area contributed by atoms with Gasteiger partial charge >= 0.3 is 5.97 Å². The minimum Gasteiger partial charge on any atom is -0.477 e. The van der Waals surface area contributed by atoms with Crippen molar-refractivity contribution < 1.29 is 14.8 Å². The molecule has 0 saturated carbocycles. The average Bonchev–Trinajstić information content (AvgIpc) is 2.85. The monoisotopic (exact) mass is 267 g/mol. The predicted octanol–water partition coefficient (Wildman–Crippen LogP) is 1.91. The number of nitro groups is 1. The molecule has 0 aliphatic carbocycles. The van der Waals surface area contributed by atoms with Gasteiger partial charge in [-0.2, -0.15) is 0 Å². The quantitative estimate of drug-likeness (QED) is 0.673. The molecule has 0 radical (unpaired) electrons. The van der Waals surface area contributed by atoms with Gasteiger partial charge in [0.25, 0.3) is 5.69 Å². The lowest BCUT2D eigenvalue weighted by molar-refractivity contribution is -0.384. The zero-order valence-corrected chi connectivity index (χ0v) is 10.2. The van der Waals surface area contributed by atoms with Gasteiger partial charge in [-0.1, -0.05) is 0 Å². The number of aryl methyl sites for hydroxylation is 1. The van der Waals surface area contributed by atoms with Crippen molar-refractivity contribution in [2.24, 2.45) is 0 Å². The van der Waals surface area contributed by atoms with Crippen molar-refractivity contribution in [1.82, 2.24) is 9.55 Å². The van der Waals surface area contributed by atoms with E-state index < -0.39 is 10.9 Å². The summed E-state index contributed by atoms with van der Waals surface area (Å²) in [6.07, 6.45) is 1.21. The maximum atomic E-state index is 11.0. The highest BCUT2D eigenvalue weighted by atomic mass is 32.1. The fourth-order valence-electron chi connectivity index (χ4n) is 1.53. The van der Waals surface area contributed by atoms with Crippen LogP contribution in [0.2, 0.25) is 0 Å². The lowest BCUT2D eigenvalue weighted by Gasteiger charge is -2.01. The van der Waals surface area contributed by atoms with E-state index in [-0.39, 0.29) is 17.9 Å². The summed E-state index contributed by atoms with van der Waals surface area (Å²) in [6.45, 7) is 2.05. The molecule has 0 unspecified atom stereocenters. The van der Waals surface area contributed by atoms with E-state index in [2.05, 4.69) is 4.98 Å². The average molecular weight is 267 g/mol. The molecule has 0 aliphatic rings. The van der Waals surface area contributed by atoms with Crippen LogP contribution in [0, 0.1) is 17.0 Å². The number of hydrogen-bond acceptors (Lipinski definition) is 5. The molecule has 0 fully saturated rings. The van der Waals surface area contributed by atoms with Gasteiger partial charge in [0.05, 0.1) is 17.7 Å². The van der Waals surface area contributed by atoms with Crippen molar-refractivity contribution in [3.63, 3.8) is 0 Å². The standard InChI is InChI=1S/C10H9N3O4S/c1-6-5-18-9(11-6)4-12-3-7(13(16)17)2-8(12)10(14)15/h2-3,5H,4H2,1H3,(H,14,15). The maximum absolute atomic E-state index is 11.0. The summed E-state index contributed by atoms with van der Waals surface area (Å²) in [6, 6.07) is 1.04. The smallest absolute Gasteiger partial charge is 0.352 e. The highest BCUT2D eigenvalue weighted by Gasteiger charge is 2.19. The topological polar surface area (TPSA) is 98.3 Å². The Kier molecular flexibility index (Phi) is 3.11. The molecular weight excluding hydrogens is 258 g/mol. The first-order chi connectivity index (χ1) is 8.47. The lowest BCUT2D eigenvalue weighted by Crippen LogP contribution is -2.08. The van der Waals surface area contributed by atoms with Crippen LogP contribution in [0.4, 0.5) is 5.69 Å². The highest BCUT2D eigenvalue weighted by Crippen LogP contribution is 2.19. The van der Waals surface area contributed by atoms with Crippen molar-refractivity contribution in [3.8, 4) is 0 Å². The second-order valence-electron chi connectivity index (χ2n) is 3.66. The van der Waals surface area contributed by atoms with Crippen LogP contribution in [-0.4, -0.2) is 25.6 Å². The van der Waals surface area contributed by atoms with Crippen molar-refractivity contribution >= 4 is 23.0 Å². The molecule has 0 amide bonds. The normalized spacial score (nSPS) is 10.5. The first-order valence-corrected chi connectivity index (χ1v) is 5.84. The molecule has 7 nitrogen and oxygen atoms in total. The summed E-state index contributed by atoms with van der Waals surface area (Å²) in [5.74, 6) is -1.20. The Morgan fingerprint density at radius 1 is 1.67 bits per heavy atom. The Balaban J connectivity index is 2.36. The van der Waals surface area contributed by atoms with Crippen LogP contribution < -0.4 is 0 Å². The van der Waals surface area contributed by atoms with Crippen LogP contribution in [0.15, 0.2) is 17.6 Å². The molecule has 1 N–H and O–H groups in total. The van der Waals surface area contributed by atoms with Gasteiger partial charge in [-0.25, -0.2) is 9.78 Å². The number of rotatable bonds is 4. The molecule has 0 aromatic carbocycles. The number of aromatic nitrogens is 2. The molecule has 2 aromatic rings. The molecule has 0 aliphatic heterocycles. The van der Waals surface area contributed by atoms with Gasteiger partial charge in [0.1, 0.15) is 10.7 Å². The number of carboxylic acids is 1. The van der Waals surface area contributed by atoms with E-state index in [1.165, 1.54) is 22.1 Å². The minimum absolute atomic E-state index is 0.116. The number of carbonyl (C=O) groups is 1. The van der Waals surface area contributed by atoms with Crippen LogP contribution in [0.5, 0.6) is 0 Å². The molecule has 0 bridgehead atoms. The van der Waals surface area contributed by atoms with Gasteiger partial charge in [-0.05, 0) is 6.92 Å². The number of aromatic carboxylic acids is 1. The fraction of sp³-hybridized carbons (Fsp3) is 0.200. The largest absolute Gasteiger partial charge is 0.477 e. The molecule has 2 heterocycles.